The highest BCUT2D eigenvalue weighted by Crippen LogP contribution is 2.72. The van der Waals surface area contributed by atoms with Crippen LogP contribution in [-0.2, 0) is 103 Å². The first-order valence-corrected chi connectivity index (χ1v) is 48.3. The molecule has 44 nitrogen and oxygen atoms in total. The van der Waals surface area contributed by atoms with Gasteiger partial charge < -0.3 is 116 Å². The third-order valence-electron chi connectivity index (χ3n) is 25.9. The minimum atomic E-state index is -4.46. The van der Waals surface area contributed by atoms with E-state index < -0.39 is 143 Å². The predicted molar refractivity (Wildman–Crippen MR) is 493 cm³/mol. The first-order chi connectivity index (χ1) is 65.3. The van der Waals surface area contributed by atoms with Crippen LogP contribution in [0.2, 0.25) is 0 Å². The molecule has 2 unspecified atom stereocenters. The highest BCUT2D eigenvalue weighted by Gasteiger charge is 2.66. The SMILES string of the molecule is Cc1c(Nc2nc3ccccc3s2)nnc2c1CCCN2c1ccc(-c2cnn(CC34CC5(C)CC(C)(C3)CC(OCCN(CCCO)C(=O)OCc3ccc(NC(=O)[C@H](CCCNC(N)=O)NC(=O)[C@@H](NC(=O)CCOCCN6C(=O)C=CC6=O)C(C)C)cc3CN(C)C(=O)C3CC(OC(=O)NS(=O)(=O)NCCOCCOCCO[C@@H]6O[C@H](CO)[C@@H](O)[C@H](O)[C@H]6O)C3)(C5)C4)c2C)c(C(=O)O)n1. The number of imide groups is 1. The fourth-order valence-corrected chi connectivity index (χ4v) is 21.9. The van der Waals surface area contributed by atoms with Gasteiger partial charge in [-0.2, -0.15) is 18.2 Å². The molecule has 746 valence electrons. The van der Waals surface area contributed by atoms with Gasteiger partial charge >= 0.3 is 34.4 Å². The number of anilines is 5. The number of primary amides is 1. The number of amides is 10. The van der Waals surface area contributed by atoms with Crippen LogP contribution in [0, 0.1) is 41.9 Å². The lowest BCUT2D eigenvalue weighted by molar-refractivity contribution is -0.302. The summed E-state index contributed by atoms with van der Waals surface area (Å²) in [5, 5.41) is 89.7. The number of ether oxygens (including phenoxy) is 8. The number of nitrogens with one attached hydrogen (secondary N) is 7. The quantitative estimate of drug-likeness (QED) is 0.0188. The fraction of sp³-hybridized carbons (Fsp3) is 0.593. The third-order valence-corrected chi connectivity index (χ3v) is 27.9. The Morgan fingerprint density at radius 2 is 1.51 bits per heavy atom. The summed E-state index contributed by atoms with van der Waals surface area (Å²) in [6, 6.07) is 12.9. The molecule has 0 spiro atoms. The van der Waals surface area contributed by atoms with Crippen LogP contribution in [0.1, 0.15) is 150 Å². The van der Waals surface area contributed by atoms with E-state index in [1.165, 1.54) is 34.3 Å². The Morgan fingerprint density at radius 3 is 2.23 bits per heavy atom. The van der Waals surface area contributed by atoms with Crippen LogP contribution in [0.15, 0.2) is 72.9 Å². The number of aromatic carboxylic acids is 1. The summed E-state index contributed by atoms with van der Waals surface area (Å²) in [4.78, 5) is 148. The number of nitrogens with zero attached hydrogens (tertiary/aromatic N) is 10. The molecular formula is C91H124N18O26S2. The van der Waals surface area contributed by atoms with Crippen LogP contribution < -0.4 is 46.7 Å². The van der Waals surface area contributed by atoms with Crippen LogP contribution in [0.4, 0.5) is 42.7 Å². The number of carbonyl (C=O) groups is 10. The number of nitrogens with two attached hydrogens (primary N) is 1. The highest BCUT2D eigenvalue weighted by atomic mass is 32.2. The average molecular weight is 1950 g/mol. The molecule has 9 atom stereocenters. The van der Waals surface area contributed by atoms with Gasteiger partial charge in [-0.3, -0.25) is 38.3 Å². The summed E-state index contributed by atoms with van der Waals surface area (Å²) in [5.41, 5.74) is 9.58. The van der Waals surface area contributed by atoms with Gasteiger partial charge in [0.15, 0.2) is 28.8 Å². The number of rotatable bonds is 49. The number of urea groups is 1. The second-order valence-corrected chi connectivity index (χ2v) is 39.8. The van der Waals surface area contributed by atoms with Crippen molar-refractivity contribution in [2.45, 2.75) is 206 Å². The van der Waals surface area contributed by atoms with Crippen LogP contribution in [0.5, 0.6) is 0 Å². The lowest BCUT2D eigenvalue weighted by Gasteiger charge is -2.69. The molecule has 5 saturated carbocycles. The van der Waals surface area contributed by atoms with Crippen LogP contribution in [0.3, 0.4) is 0 Å². The summed E-state index contributed by atoms with van der Waals surface area (Å²) < 4.78 is 78.3. The molecule has 15 N–H and O–H groups in total. The molecule has 0 radical (unpaired) electrons. The van der Waals surface area contributed by atoms with E-state index in [0.717, 1.165) is 89.0 Å². The zero-order valence-corrected chi connectivity index (χ0v) is 79.4. The van der Waals surface area contributed by atoms with Gasteiger partial charge in [0.05, 0.1) is 88.0 Å². The fourth-order valence-electron chi connectivity index (χ4n) is 20.4. The molecule has 1 saturated heterocycles. The summed E-state index contributed by atoms with van der Waals surface area (Å²) in [7, 11) is -2.96. The first-order valence-electron chi connectivity index (χ1n) is 46.0. The first kappa shape index (κ1) is 103. The standard InChI is InChI=1S/C91H124N18O26S2/c1-53(2)72(100-69(112)23-31-128-33-29-108-70(113)21-22-71(108)114)80(119)97-65(15-10-24-93-84(92)123)79(118)96-59-18-17-56(58(39-59)43-105(7)81(120)57-40-60(41-57)134-86(124)104-137(126,127)95-25-32-129-35-36-130-37-38-131-83-76(117)75(116)74(115)66(44-111)135-83)45-132-87(125)106(26-12-30-110)28-34-133-91-49-88(5)46-89(6,50-91)48-90(47-88,51-91)52-109-55(4)63(42-94-109)62-19-20-68(99-73(62)82(121)122)107-27-11-13-61-54(3)77(102-103-78(61)107)101-85-98-64-14-8-9-16-67(64)136-85/h8-9,14,16-22,39,42,53,57,60,65-66,72,74-76,83,95,110-111,115-117H,10-13,15,23-38,40-41,43-52H2,1-7H3,(H,96,118)(H,97,119)(H,100,112)(H,104,124)(H,121,122)(H3,92,93,123)(H,98,101,102)/t57?,60?,65-,66+,72-,74+,75-,76+,83+,88?,89?,90?,91?/m0/s1. The summed E-state index contributed by atoms with van der Waals surface area (Å²) in [6.45, 7) is 11.2. The van der Waals surface area contributed by atoms with Gasteiger partial charge in [-0.15, -0.1) is 10.2 Å². The van der Waals surface area contributed by atoms with Crippen molar-refractivity contribution in [3.8, 4) is 11.1 Å². The van der Waals surface area contributed by atoms with E-state index >= 15 is 0 Å². The van der Waals surface area contributed by atoms with Crippen molar-refractivity contribution in [1.29, 1.82) is 0 Å². The maximum atomic E-state index is 14.7. The molecule has 5 aliphatic carbocycles. The van der Waals surface area contributed by atoms with E-state index in [0.29, 0.717) is 64.3 Å². The number of aromatic nitrogens is 6. The normalized spacial score (nSPS) is 23.6. The molecule has 2 aromatic carbocycles. The van der Waals surface area contributed by atoms with Gasteiger partial charge in [0, 0.05) is 118 Å². The van der Waals surface area contributed by atoms with E-state index in [-0.39, 0.29) is 171 Å². The number of aliphatic hydroxyl groups is 5. The largest absolute Gasteiger partial charge is 0.476 e. The number of para-hydroxylation sites is 1. The molecule has 137 heavy (non-hydrogen) atoms. The number of fused-ring (bicyclic) bond motifs is 2. The Balaban J connectivity index is 0.644. The van der Waals surface area contributed by atoms with Crippen LogP contribution >= 0.6 is 11.3 Å². The molecule has 4 aromatic heterocycles. The molecular weight excluding hydrogens is 1830 g/mol. The smallest absolute Gasteiger partial charge is 0.422 e. The summed E-state index contributed by atoms with van der Waals surface area (Å²) >= 11 is 1.52. The van der Waals surface area contributed by atoms with Crippen LogP contribution in [0.25, 0.3) is 21.3 Å². The maximum absolute atomic E-state index is 14.7. The van der Waals surface area contributed by atoms with E-state index in [2.05, 4.69) is 55.4 Å². The number of hydrogen-bond acceptors (Lipinski definition) is 33. The number of aliphatic hydroxyl groups excluding tert-OH is 5. The molecule has 46 heteroatoms. The van der Waals surface area contributed by atoms with Crippen molar-refractivity contribution in [2.75, 3.05) is 128 Å². The lowest BCUT2D eigenvalue weighted by atomic mass is 9.39. The third kappa shape index (κ3) is 26.3. The zero-order valence-electron chi connectivity index (χ0n) is 77.8. The van der Waals surface area contributed by atoms with Crippen molar-refractivity contribution in [3.63, 3.8) is 0 Å². The molecule has 14 rings (SSSR count). The minimum absolute atomic E-state index is 0.00113. The van der Waals surface area contributed by atoms with E-state index in [1.54, 1.807) is 43.0 Å². The van der Waals surface area contributed by atoms with E-state index in [4.69, 9.17) is 58.7 Å². The lowest BCUT2D eigenvalue weighted by Crippen LogP contribution is -2.64. The van der Waals surface area contributed by atoms with Crippen molar-refractivity contribution in [2.24, 2.45) is 33.8 Å². The Kier molecular flexibility index (Phi) is 34.4. The van der Waals surface area contributed by atoms with E-state index in [1.807, 2.05) is 53.8 Å². The second-order valence-electron chi connectivity index (χ2n) is 37.3. The number of benzene rings is 2. The number of carboxylic acid groups (broad SMARTS) is 1. The van der Waals surface area contributed by atoms with Gasteiger partial charge in [-0.25, -0.2) is 33.9 Å². The summed E-state index contributed by atoms with van der Waals surface area (Å²) in [6.07, 6.45) is 0.378. The number of carbonyl (C=O) groups excluding carboxylic acids is 9. The number of carboxylic acids is 1. The van der Waals surface area contributed by atoms with Gasteiger partial charge in [0.25, 0.3) is 11.8 Å². The van der Waals surface area contributed by atoms with Crippen molar-refractivity contribution >= 4 is 120 Å². The monoisotopic (exact) mass is 1950 g/mol. The van der Waals surface area contributed by atoms with Gasteiger partial charge in [-0.1, -0.05) is 57.2 Å². The molecule has 3 aliphatic heterocycles. The molecule has 6 fully saturated rings. The second kappa shape index (κ2) is 45.7. The molecule has 8 aliphatic rings. The van der Waals surface area contributed by atoms with Crippen LogP contribution in [-0.4, -0.2) is 310 Å². The van der Waals surface area contributed by atoms with E-state index in [9.17, 15) is 87.0 Å². The molecule has 10 amide bonds. The molecule has 4 bridgehead atoms. The van der Waals surface area contributed by atoms with Crippen molar-refractivity contribution in [3.05, 3.63) is 107 Å². The Morgan fingerprint density at radius 1 is 0.781 bits per heavy atom. The van der Waals surface area contributed by atoms with Gasteiger partial charge in [0.1, 0.15) is 55.0 Å². The van der Waals surface area contributed by atoms with Crippen molar-refractivity contribution in [1.82, 2.24) is 70.0 Å². The maximum Gasteiger partial charge on any atom is 0.422 e. The molecule has 6 aromatic rings. The van der Waals surface area contributed by atoms with Crippen molar-refractivity contribution < 1.29 is 125 Å². The Hall–Kier alpha value is -11.1. The van der Waals surface area contributed by atoms with Gasteiger partial charge in [-0.05, 0) is 167 Å². The average Bonchev–Trinajstić information content (AvgIpc) is 1.36. The highest BCUT2D eigenvalue weighted by molar-refractivity contribution is 7.88. The summed E-state index contributed by atoms with van der Waals surface area (Å²) in [5.74, 6) is -4.25. The number of thiazole rings is 1. The predicted octanol–water partition coefficient (Wildman–Crippen LogP) is 4.14. The Labute approximate surface area is 795 Å². The Bertz CT molecular complexity index is 5430. The number of hydrogen-bond donors (Lipinski definition) is 14. The zero-order chi connectivity index (χ0) is 98.3. The topological polar surface area (TPSA) is 593 Å². The molecule has 7 heterocycles. The minimum Gasteiger partial charge on any atom is -0.476 e. The van der Waals surface area contributed by atoms with Gasteiger partial charge in [0.2, 0.25) is 23.6 Å². The number of pyridine rings is 1.